The van der Waals surface area contributed by atoms with Crippen LogP contribution in [0.4, 0.5) is 0 Å². The molecule has 4 nitrogen and oxygen atoms in total. The minimum Gasteiger partial charge on any atom is -0.353 e. The highest BCUT2D eigenvalue weighted by molar-refractivity contribution is 5.85. The molecule has 1 saturated carbocycles. The molecule has 0 spiro atoms. The van der Waals surface area contributed by atoms with Crippen LogP contribution in [0.15, 0.2) is 0 Å². The summed E-state index contributed by atoms with van der Waals surface area (Å²) in [5, 5.41) is 2.90. The number of hydrogen-bond donors (Lipinski definition) is 2. The number of carbonyl (C=O) groups is 1. The Hall–Kier alpha value is -0.0300. The van der Waals surface area contributed by atoms with E-state index in [-0.39, 0.29) is 36.8 Å². The molecule has 0 aromatic heterocycles. The fraction of sp³-hybridized carbons (Fsp3) is 0.909. The van der Waals surface area contributed by atoms with Gasteiger partial charge in [0, 0.05) is 12.6 Å². The molecular weight excluding hydrogens is 261 g/mol. The lowest BCUT2D eigenvalue weighted by Crippen LogP contribution is -2.43. The monoisotopic (exact) mass is 285 g/mol. The number of nitrogens with zero attached hydrogens (tertiary/aromatic N) is 1. The number of hydrogen-bond acceptors (Lipinski definition) is 3. The van der Waals surface area contributed by atoms with Crippen LogP contribution in [0.25, 0.3) is 0 Å². The second-order valence-electron chi connectivity index (χ2n) is 4.27. The van der Waals surface area contributed by atoms with E-state index in [1.165, 1.54) is 12.8 Å². The molecule has 1 amide bonds. The van der Waals surface area contributed by atoms with Crippen molar-refractivity contribution in [3.05, 3.63) is 0 Å². The third kappa shape index (κ3) is 7.82. The number of rotatable bonds is 7. The second kappa shape index (κ2) is 9.95. The lowest BCUT2D eigenvalue weighted by Gasteiger charge is -2.18. The van der Waals surface area contributed by atoms with Crippen molar-refractivity contribution >= 4 is 30.7 Å². The van der Waals surface area contributed by atoms with Crippen molar-refractivity contribution in [2.24, 2.45) is 11.7 Å². The Morgan fingerprint density at radius 2 is 1.88 bits per heavy atom. The topological polar surface area (TPSA) is 58.4 Å². The van der Waals surface area contributed by atoms with Gasteiger partial charge in [-0.15, -0.1) is 24.8 Å². The van der Waals surface area contributed by atoms with E-state index in [9.17, 15) is 4.79 Å². The van der Waals surface area contributed by atoms with Gasteiger partial charge in [-0.25, -0.2) is 0 Å². The highest BCUT2D eigenvalue weighted by atomic mass is 35.5. The molecule has 0 radical (unpaired) electrons. The first kappa shape index (κ1) is 19.3. The summed E-state index contributed by atoms with van der Waals surface area (Å²) in [4.78, 5) is 13.6. The molecule has 17 heavy (non-hydrogen) atoms. The fourth-order valence-electron chi connectivity index (χ4n) is 1.63. The zero-order valence-corrected chi connectivity index (χ0v) is 12.3. The van der Waals surface area contributed by atoms with Gasteiger partial charge in [0.15, 0.2) is 0 Å². The molecule has 0 aromatic rings. The van der Waals surface area contributed by atoms with Crippen LogP contribution in [0.1, 0.15) is 26.7 Å². The minimum absolute atomic E-state index is 0. The number of amides is 1. The SMILES string of the molecule is CCN(CC)CC(=O)NCC(N)C1CC1.Cl.Cl. The molecule has 0 saturated heterocycles. The smallest absolute Gasteiger partial charge is 0.234 e. The van der Waals surface area contributed by atoms with Gasteiger partial charge < -0.3 is 11.1 Å². The average Bonchev–Trinajstić information content (AvgIpc) is 3.06. The zero-order valence-electron chi connectivity index (χ0n) is 10.6. The second-order valence-corrected chi connectivity index (χ2v) is 4.27. The molecular formula is C11H25Cl2N3O. The molecule has 1 rings (SSSR count). The van der Waals surface area contributed by atoms with Crippen molar-refractivity contribution in [3.63, 3.8) is 0 Å². The number of likely N-dealkylation sites (N-methyl/N-ethyl adjacent to an activating group) is 1. The Balaban J connectivity index is 0. The van der Waals surface area contributed by atoms with Crippen LogP contribution < -0.4 is 11.1 Å². The lowest BCUT2D eigenvalue weighted by atomic mass is 10.2. The van der Waals surface area contributed by atoms with Gasteiger partial charge in [0.1, 0.15) is 0 Å². The zero-order chi connectivity index (χ0) is 11.3. The number of nitrogens with one attached hydrogen (secondary N) is 1. The predicted octanol–water partition coefficient (Wildman–Crippen LogP) is 1.03. The largest absolute Gasteiger partial charge is 0.353 e. The summed E-state index contributed by atoms with van der Waals surface area (Å²) >= 11 is 0. The molecule has 1 aliphatic carbocycles. The first-order chi connectivity index (χ1) is 7.17. The van der Waals surface area contributed by atoms with Crippen LogP contribution in [0.2, 0.25) is 0 Å². The van der Waals surface area contributed by atoms with E-state index in [4.69, 9.17) is 5.73 Å². The maximum atomic E-state index is 11.5. The third-order valence-electron chi connectivity index (χ3n) is 3.02. The summed E-state index contributed by atoms with van der Waals surface area (Å²) in [6.07, 6.45) is 2.46. The summed E-state index contributed by atoms with van der Waals surface area (Å²) in [6, 6.07) is 0.158. The number of carbonyl (C=O) groups excluding carboxylic acids is 1. The summed E-state index contributed by atoms with van der Waals surface area (Å²) in [6.45, 7) is 7.08. The van der Waals surface area contributed by atoms with Crippen LogP contribution in [0.5, 0.6) is 0 Å². The highest BCUT2D eigenvalue weighted by Crippen LogP contribution is 2.31. The van der Waals surface area contributed by atoms with Gasteiger partial charge in [0.05, 0.1) is 6.54 Å². The van der Waals surface area contributed by atoms with E-state index >= 15 is 0 Å². The summed E-state index contributed by atoms with van der Waals surface area (Å²) in [5.41, 5.74) is 5.89. The summed E-state index contributed by atoms with van der Waals surface area (Å²) < 4.78 is 0. The Kier molecular flexibility index (Phi) is 11.3. The summed E-state index contributed by atoms with van der Waals surface area (Å²) in [7, 11) is 0. The maximum Gasteiger partial charge on any atom is 0.234 e. The van der Waals surface area contributed by atoms with Gasteiger partial charge in [0.25, 0.3) is 0 Å². The standard InChI is InChI=1S/C11H23N3O.2ClH/c1-3-14(4-2)8-11(15)13-7-10(12)9-5-6-9;;/h9-10H,3-8,12H2,1-2H3,(H,13,15);2*1H. The molecule has 1 fully saturated rings. The molecule has 0 bridgehead atoms. The first-order valence-corrected chi connectivity index (χ1v) is 5.92. The Labute approximate surface area is 117 Å². The van der Waals surface area contributed by atoms with E-state index in [0.29, 0.717) is 19.0 Å². The summed E-state index contributed by atoms with van der Waals surface area (Å²) in [5.74, 6) is 0.744. The van der Waals surface area contributed by atoms with E-state index in [1.54, 1.807) is 0 Å². The normalized spacial score (nSPS) is 15.8. The molecule has 0 aliphatic heterocycles. The van der Waals surface area contributed by atoms with Crippen molar-refractivity contribution in [3.8, 4) is 0 Å². The quantitative estimate of drug-likeness (QED) is 0.735. The Morgan fingerprint density at radius 3 is 2.29 bits per heavy atom. The number of halogens is 2. The lowest BCUT2D eigenvalue weighted by molar-refractivity contribution is -0.122. The van der Waals surface area contributed by atoms with Crippen LogP contribution in [-0.4, -0.2) is 43.0 Å². The van der Waals surface area contributed by atoms with E-state index < -0.39 is 0 Å². The van der Waals surface area contributed by atoms with Crippen molar-refractivity contribution in [2.75, 3.05) is 26.2 Å². The molecule has 104 valence electrons. The molecule has 6 heteroatoms. The third-order valence-corrected chi connectivity index (χ3v) is 3.02. The number of nitrogens with two attached hydrogens (primary N) is 1. The van der Waals surface area contributed by atoms with E-state index in [0.717, 1.165) is 13.1 Å². The highest BCUT2D eigenvalue weighted by Gasteiger charge is 2.28. The van der Waals surface area contributed by atoms with E-state index in [1.807, 2.05) is 0 Å². The predicted molar refractivity (Wildman–Crippen MR) is 76.0 cm³/mol. The Morgan fingerprint density at radius 1 is 1.35 bits per heavy atom. The van der Waals surface area contributed by atoms with Crippen molar-refractivity contribution in [1.29, 1.82) is 0 Å². The van der Waals surface area contributed by atoms with Gasteiger partial charge >= 0.3 is 0 Å². The molecule has 0 aromatic carbocycles. The van der Waals surface area contributed by atoms with Crippen LogP contribution in [-0.2, 0) is 4.79 Å². The Bertz CT molecular complexity index is 209. The van der Waals surface area contributed by atoms with E-state index in [2.05, 4.69) is 24.1 Å². The van der Waals surface area contributed by atoms with Gasteiger partial charge in [-0.3, -0.25) is 9.69 Å². The van der Waals surface area contributed by atoms with Crippen molar-refractivity contribution < 1.29 is 4.79 Å². The molecule has 1 atom stereocenters. The molecule has 1 aliphatic rings. The minimum atomic E-state index is 0. The van der Waals surface area contributed by atoms with Crippen molar-refractivity contribution in [1.82, 2.24) is 10.2 Å². The van der Waals surface area contributed by atoms with Crippen LogP contribution >= 0.6 is 24.8 Å². The van der Waals surface area contributed by atoms with Gasteiger partial charge in [0.2, 0.25) is 5.91 Å². The first-order valence-electron chi connectivity index (χ1n) is 5.92. The maximum absolute atomic E-state index is 11.5. The molecule has 3 N–H and O–H groups in total. The average molecular weight is 286 g/mol. The molecule has 0 heterocycles. The van der Waals surface area contributed by atoms with Crippen molar-refractivity contribution in [2.45, 2.75) is 32.7 Å². The molecule has 1 unspecified atom stereocenters. The van der Waals surface area contributed by atoms with Gasteiger partial charge in [-0.05, 0) is 31.8 Å². The fourth-order valence-corrected chi connectivity index (χ4v) is 1.63. The van der Waals surface area contributed by atoms with Gasteiger partial charge in [-0.1, -0.05) is 13.8 Å². The van der Waals surface area contributed by atoms with Crippen LogP contribution in [0.3, 0.4) is 0 Å². The van der Waals surface area contributed by atoms with Gasteiger partial charge in [-0.2, -0.15) is 0 Å². The van der Waals surface area contributed by atoms with Crippen LogP contribution in [0, 0.1) is 5.92 Å².